The summed E-state index contributed by atoms with van der Waals surface area (Å²) in [6, 6.07) is 3.37. The van der Waals surface area contributed by atoms with Crippen molar-refractivity contribution in [3.8, 4) is 0 Å². The van der Waals surface area contributed by atoms with Gasteiger partial charge >= 0.3 is 0 Å². The minimum absolute atomic E-state index is 0.598. The van der Waals surface area contributed by atoms with Crippen molar-refractivity contribution in [2.24, 2.45) is 0 Å². The smallest absolute Gasteiger partial charge is 0.0470 e. The summed E-state index contributed by atoms with van der Waals surface area (Å²) in [5.74, 6) is 0. The average molecular weight is 176 g/mol. The van der Waals surface area contributed by atoms with Gasteiger partial charge in [-0.05, 0) is 24.6 Å². The van der Waals surface area contributed by atoms with E-state index in [9.17, 15) is 0 Å². The molecule has 0 unspecified atom stereocenters. The molecular weight excluding hydrogens is 169 g/mol. The van der Waals surface area contributed by atoms with E-state index in [1.54, 1.807) is 12.1 Å². The van der Waals surface area contributed by atoms with Gasteiger partial charge in [-0.15, -0.1) is 0 Å². The second kappa shape index (κ2) is 2.69. The molecule has 0 radical (unpaired) electrons. The Labute approximate surface area is 69.7 Å². The van der Waals surface area contributed by atoms with Crippen LogP contribution in [0.15, 0.2) is 12.1 Å². The van der Waals surface area contributed by atoms with E-state index in [2.05, 4.69) is 0 Å². The van der Waals surface area contributed by atoms with E-state index >= 15 is 0 Å². The standard InChI is InChI=1S/C7H7Cl2N/c1-4-6(8)2-5(10)3-7(4)9/h2-3H,10H2,1H3. The number of hydrogen-bond donors (Lipinski definition) is 1. The maximum atomic E-state index is 5.75. The van der Waals surface area contributed by atoms with Gasteiger partial charge < -0.3 is 5.73 Å². The zero-order valence-corrected chi connectivity index (χ0v) is 7.00. The second-order valence-corrected chi connectivity index (χ2v) is 2.92. The van der Waals surface area contributed by atoms with Crippen LogP contribution in [0.25, 0.3) is 0 Å². The summed E-state index contributed by atoms with van der Waals surface area (Å²) >= 11 is 11.5. The Kier molecular flexibility index (Phi) is 2.07. The van der Waals surface area contributed by atoms with Crippen LogP contribution in [-0.2, 0) is 0 Å². The topological polar surface area (TPSA) is 26.0 Å². The Bertz CT molecular complexity index is 235. The molecule has 0 aliphatic heterocycles. The number of benzene rings is 1. The third-order valence-electron chi connectivity index (χ3n) is 1.30. The Morgan fingerprint density at radius 3 is 2.00 bits per heavy atom. The van der Waals surface area contributed by atoms with E-state index in [1.165, 1.54) is 0 Å². The van der Waals surface area contributed by atoms with Crippen molar-refractivity contribution in [3.05, 3.63) is 27.7 Å². The highest BCUT2D eigenvalue weighted by Crippen LogP contribution is 2.26. The molecule has 0 atom stereocenters. The first-order valence-corrected chi connectivity index (χ1v) is 3.58. The summed E-state index contributed by atoms with van der Waals surface area (Å²) in [6.07, 6.45) is 0. The molecule has 0 bridgehead atoms. The van der Waals surface area contributed by atoms with Gasteiger partial charge in [-0.1, -0.05) is 23.2 Å². The largest absolute Gasteiger partial charge is 0.399 e. The molecule has 0 spiro atoms. The molecule has 0 aliphatic rings. The fraction of sp³-hybridized carbons (Fsp3) is 0.143. The third-order valence-corrected chi connectivity index (χ3v) is 2.09. The third kappa shape index (κ3) is 1.36. The molecule has 0 aliphatic carbocycles. The van der Waals surface area contributed by atoms with Crippen LogP contribution in [0, 0.1) is 6.92 Å². The van der Waals surface area contributed by atoms with Crippen LogP contribution in [0.5, 0.6) is 0 Å². The fourth-order valence-corrected chi connectivity index (χ4v) is 1.17. The van der Waals surface area contributed by atoms with Crippen LogP contribution in [0.1, 0.15) is 5.56 Å². The Hall–Kier alpha value is -0.400. The Morgan fingerprint density at radius 2 is 1.60 bits per heavy atom. The lowest BCUT2D eigenvalue weighted by atomic mass is 10.2. The van der Waals surface area contributed by atoms with Crippen molar-refractivity contribution >= 4 is 28.9 Å². The maximum absolute atomic E-state index is 5.75. The predicted molar refractivity (Wildman–Crippen MR) is 45.6 cm³/mol. The van der Waals surface area contributed by atoms with Gasteiger partial charge in [0.25, 0.3) is 0 Å². The lowest BCUT2D eigenvalue weighted by Crippen LogP contribution is -1.86. The van der Waals surface area contributed by atoms with Crippen molar-refractivity contribution in [2.75, 3.05) is 5.73 Å². The Morgan fingerprint density at radius 1 is 1.20 bits per heavy atom. The molecule has 1 aromatic rings. The summed E-state index contributed by atoms with van der Waals surface area (Å²) in [4.78, 5) is 0. The van der Waals surface area contributed by atoms with E-state index < -0.39 is 0 Å². The first-order chi connectivity index (χ1) is 4.61. The molecule has 1 nitrogen and oxygen atoms in total. The number of rotatable bonds is 0. The number of nitrogen functional groups attached to an aromatic ring is 1. The van der Waals surface area contributed by atoms with E-state index in [0.717, 1.165) is 5.56 Å². The van der Waals surface area contributed by atoms with Gasteiger partial charge in [0.05, 0.1) is 0 Å². The van der Waals surface area contributed by atoms with Crippen LogP contribution in [0.3, 0.4) is 0 Å². The van der Waals surface area contributed by atoms with Crippen molar-refractivity contribution in [1.29, 1.82) is 0 Å². The van der Waals surface area contributed by atoms with Crippen LogP contribution in [0.2, 0.25) is 10.0 Å². The summed E-state index contributed by atoms with van der Waals surface area (Å²) in [5.41, 5.74) is 6.93. The number of anilines is 1. The van der Waals surface area contributed by atoms with Crippen LogP contribution < -0.4 is 5.73 Å². The summed E-state index contributed by atoms with van der Waals surface area (Å²) in [6.45, 7) is 1.85. The second-order valence-electron chi connectivity index (χ2n) is 2.11. The molecular formula is C7H7Cl2N. The molecule has 1 aromatic carbocycles. The number of nitrogens with two attached hydrogens (primary N) is 1. The molecule has 0 aromatic heterocycles. The van der Waals surface area contributed by atoms with Gasteiger partial charge in [-0.3, -0.25) is 0 Å². The summed E-state index contributed by atoms with van der Waals surface area (Å²) < 4.78 is 0. The monoisotopic (exact) mass is 175 g/mol. The molecule has 1 rings (SSSR count). The van der Waals surface area contributed by atoms with E-state index in [1.807, 2.05) is 6.92 Å². The first kappa shape index (κ1) is 7.70. The minimum Gasteiger partial charge on any atom is -0.399 e. The Balaban J connectivity index is 3.31. The average Bonchev–Trinajstić information content (AvgIpc) is 1.82. The highest BCUT2D eigenvalue weighted by molar-refractivity contribution is 6.36. The highest BCUT2D eigenvalue weighted by Gasteiger charge is 2.00. The molecule has 2 N–H and O–H groups in total. The quantitative estimate of drug-likeness (QED) is 0.604. The van der Waals surface area contributed by atoms with Gasteiger partial charge in [-0.25, -0.2) is 0 Å². The van der Waals surface area contributed by atoms with Crippen LogP contribution >= 0.6 is 23.2 Å². The minimum atomic E-state index is 0.598. The molecule has 0 saturated carbocycles. The molecule has 0 fully saturated rings. The van der Waals surface area contributed by atoms with Crippen molar-refractivity contribution in [2.45, 2.75) is 6.92 Å². The highest BCUT2D eigenvalue weighted by atomic mass is 35.5. The predicted octanol–water partition coefficient (Wildman–Crippen LogP) is 2.88. The summed E-state index contributed by atoms with van der Waals surface area (Å²) in [7, 11) is 0. The molecule has 3 heteroatoms. The van der Waals surface area contributed by atoms with Gasteiger partial charge in [-0.2, -0.15) is 0 Å². The van der Waals surface area contributed by atoms with Gasteiger partial charge in [0.1, 0.15) is 0 Å². The van der Waals surface area contributed by atoms with Crippen molar-refractivity contribution in [3.63, 3.8) is 0 Å². The van der Waals surface area contributed by atoms with E-state index in [4.69, 9.17) is 28.9 Å². The summed E-state index contributed by atoms with van der Waals surface area (Å²) in [5, 5.41) is 1.23. The van der Waals surface area contributed by atoms with Gasteiger partial charge in [0.2, 0.25) is 0 Å². The lowest BCUT2D eigenvalue weighted by molar-refractivity contribution is 1.47. The fourth-order valence-electron chi connectivity index (χ4n) is 0.665. The van der Waals surface area contributed by atoms with Gasteiger partial charge in [0.15, 0.2) is 0 Å². The lowest BCUT2D eigenvalue weighted by Gasteiger charge is -2.01. The molecule has 0 amide bonds. The van der Waals surface area contributed by atoms with Gasteiger partial charge in [0, 0.05) is 15.7 Å². The number of halogens is 2. The van der Waals surface area contributed by atoms with Crippen LogP contribution in [0.4, 0.5) is 5.69 Å². The molecule has 10 heavy (non-hydrogen) atoms. The molecule has 0 heterocycles. The normalized spacial score (nSPS) is 9.90. The van der Waals surface area contributed by atoms with E-state index in [-0.39, 0.29) is 0 Å². The van der Waals surface area contributed by atoms with Crippen molar-refractivity contribution in [1.82, 2.24) is 0 Å². The SMILES string of the molecule is Cc1c(Cl)cc(N)cc1Cl. The maximum Gasteiger partial charge on any atom is 0.0470 e. The molecule has 54 valence electrons. The van der Waals surface area contributed by atoms with E-state index in [0.29, 0.717) is 15.7 Å². The van der Waals surface area contributed by atoms with Crippen LogP contribution in [-0.4, -0.2) is 0 Å². The zero-order valence-electron chi connectivity index (χ0n) is 5.49. The zero-order chi connectivity index (χ0) is 7.72. The first-order valence-electron chi connectivity index (χ1n) is 2.82. The van der Waals surface area contributed by atoms with Crippen molar-refractivity contribution < 1.29 is 0 Å². The molecule has 0 saturated heterocycles. The number of hydrogen-bond acceptors (Lipinski definition) is 1.